The molecule has 1 nitrogen and oxygen atoms in total. The fourth-order valence-electron chi connectivity index (χ4n) is 3.37. The molecule has 3 aliphatic rings. The van der Waals surface area contributed by atoms with E-state index in [2.05, 4.69) is 35.0 Å². The molecule has 0 saturated heterocycles. The van der Waals surface area contributed by atoms with Crippen molar-refractivity contribution in [2.45, 2.75) is 30.5 Å². The fraction of sp³-hybridized carbons (Fsp3) is 0.385. The van der Waals surface area contributed by atoms with Gasteiger partial charge in [-0.15, -0.1) is 0 Å². The maximum atomic E-state index is 13.5. The minimum atomic E-state index is -0.814. The van der Waals surface area contributed by atoms with Crippen LogP contribution in [0.5, 0.6) is 0 Å². The minimum Gasteiger partial charge on any atom is -0.341 e. The molecule has 15 heavy (non-hydrogen) atoms. The van der Waals surface area contributed by atoms with Crippen molar-refractivity contribution < 1.29 is 4.39 Å². The summed E-state index contributed by atoms with van der Waals surface area (Å²) in [5.41, 5.74) is 0.558. The standard InChI is InChI=1S/C13H12FN/c14-12-7-13(8-12,9-12)15-6-5-10-3-1-2-4-11(10)15/h1-6H,7-9H2. The van der Waals surface area contributed by atoms with Crippen molar-refractivity contribution in [1.82, 2.24) is 4.57 Å². The minimum absolute atomic E-state index is 0.123. The molecule has 0 atom stereocenters. The molecular formula is C13H12FN. The van der Waals surface area contributed by atoms with Gasteiger partial charge in [-0.3, -0.25) is 0 Å². The van der Waals surface area contributed by atoms with Crippen LogP contribution in [-0.4, -0.2) is 10.2 Å². The van der Waals surface area contributed by atoms with Gasteiger partial charge in [-0.05, 0) is 17.5 Å². The van der Waals surface area contributed by atoms with Gasteiger partial charge in [-0.2, -0.15) is 0 Å². The number of hydrogen-bond acceptors (Lipinski definition) is 0. The maximum Gasteiger partial charge on any atom is 0.117 e. The summed E-state index contributed by atoms with van der Waals surface area (Å²) in [7, 11) is 0. The lowest BCUT2D eigenvalue weighted by molar-refractivity contribution is -0.196. The molecule has 0 N–H and O–H groups in total. The second-order valence-electron chi connectivity index (χ2n) is 5.15. The van der Waals surface area contributed by atoms with Gasteiger partial charge in [-0.1, -0.05) is 18.2 Å². The number of para-hydroxylation sites is 1. The van der Waals surface area contributed by atoms with Crippen LogP contribution in [-0.2, 0) is 5.54 Å². The van der Waals surface area contributed by atoms with Crippen LogP contribution in [0.1, 0.15) is 19.3 Å². The van der Waals surface area contributed by atoms with Crippen LogP contribution in [0.3, 0.4) is 0 Å². The summed E-state index contributed by atoms with van der Waals surface area (Å²) in [6.07, 6.45) is 4.28. The number of fused-ring (bicyclic) bond motifs is 1. The van der Waals surface area contributed by atoms with Gasteiger partial charge in [0.1, 0.15) is 5.67 Å². The highest BCUT2D eigenvalue weighted by molar-refractivity contribution is 5.80. The molecule has 3 saturated carbocycles. The van der Waals surface area contributed by atoms with Gasteiger partial charge in [-0.25, -0.2) is 4.39 Å². The van der Waals surface area contributed by atoms with Crippen molar-refractivity contribution in [3.63, 3.8) is 0 Å². The molecule has 0 radical (unpaired) electrons. The summed E-state index contributed by atoms with van der Waals surface area (Å²) in [4.78, 5) is 0. The van der Waals surface area contributed by atoms with Crippen molar-refractivity contribution in [2.75, 3.05) is 0 Å². The van der Waals surface area contributed by atoms with E-state index in [9.17, 15) is 4.39 Å². The molecule has 3 fully saturated rings. The lowest BCUT2D eigenvalue weighted by Crippen LogP contribution is -2.69. The molecule has 2 heteroatoms. The summed E-state index contributed by atoms with van der Waals surface area (Å²) in [6.45, 7) is 0. The maximum absolute atomic E-state index is 13.5. The molecule has 76 valence electrons. The van der Waals surface area contributed by atoms with E-state index in [1.165, 1.54) is 10.9 Å². The molecule has 1 heterocycles. The van der Waals surface area contributed by atoms with E-state index in [1.54, 1.807) is 0 Å². The van der Waals surface area contributed by atoms with E-state index >= 15 is 0 Å². The number of benzene rings is 1. The number of aromatic nitrogens is 1. The van der Waals surface area contributed by atoms with E-state index in [-0.39, 0.29) is 5.54 Å². The number of rotatable bonds is 1. The van der Waals surface area contributed by atoms with Gasteiger partial charge in [0.2, 0.25) is 0 Å². The van der Waals surface area contributed by atoms with Gasteiger partial charge >= 0.3 is 0 Å². The largest absolute Gasteiger partial charge is 0.341 e. The monoisotopic (exact) mass is 201 g/mol. The zero-order valence-corrected chi connectivity index (χ0v) is 8.41. The van der Waals surface area contributed by atoms with Gasteiger partial charge in [0.15, 0.2) is 0 Å². The average molecular weight is 201 g/mol. The number of alkyl halides is 1. The lowest BCUT2D eigenvalue weighted by Gasteiger charge is -2.66. The van der Waals surface area contributed by atoms with Crippen LogP contribution in [0.15, 0.2) is 36.5 Å². The van der Waals surface area contributed by atoms with Gasteiger partial charge in [0, 0.05) is 31.0 Å². The Labute approximate surface area is 87.5 Å². The highest BCUT2D eigenvalue weighted by atomic mass is 19.1. The molecule has 3 aliphatic carbocycles. The zero-order valence-electron chi connectivity index (χ0n) is 8.41. The van der Waals surface area contributed by atoms with Crippen molar-refractivity contribution in [3.05, 3.63) is 36.5 Å². The summed E-state index contributed by atoms with van der Waals surface area (Å²) >= 11 is 0. The Kier molecular flexibility index (Phi) is 1.11. The molecule has 1 aromatic heterocycles. The Balaban J connectivity index is 1.89. The van der Waals surface area contributed by atoms with Gasteiger partial charge in [0.05, 0.1) is 5.54 Å². The van der Waals surface area contributed by atoms with Crippen molar-refractivity contribution in [3.8, 4) is 0 Å². The van der Waals surface area contributed by atoms with Gasteiger partial charge < -0.3 is 4.57 Å². The normalized spacial score (nSPS) is 37.4. The molecular weight excluding hydrogens is 189 g/mol. The Morgan fingerprint density at radius 2 is 1.80 bits per heavy atom. The van der Waals surface area contributed by atoms with Crippen molar-refractivity contribution in [1.29, 1.82) is 0 Å². The molecule has 2 bridgehead atoms. The predicted octanol–water partition coefficient (Wildman–Crippen LogP) is 3.24. The predicted molar refractivity (Wildman–Crippen MR) is 57.6 cm³/mol. The second kappa shape index (κ2) is 2.11. The molecule has 2 aromatic rings. The Morgan fingerprint density at radius 3 is 2.53 bits per heavy atom. The third-order valence-electron chi connectivity index (χ3n) is 4.05. The summed E-state index contributed by atoms with van der Waals surface area (Å²) < 4.78 is 15.8. The van der Waals surface area contributed by atoms with Crippen molar-refractivity contribution in [2.24, 2.45) is 0 Å². The highest BCUT2D eigenvalue weighted by Crippen LogP contribution is 2.67. The highest BCUT2D eigenvalue weighted by Gasteiger charge is 2.70. The second-order valence-corrected chi connectivity index (χ2v) is 5.15. The van der Waals surface area contributed by atoms with E-state index in [4.69, 9.17) is 0 Å². The molecule has 0 amide bonds. The first-order valence-corrected chi connectivity index (χ1v) is 5.47. The summed E-state index contributed by atoms with van der Waals surface area (Å²) in [6, 6.07) is 10.5. The van der Waals surface area contributed by atoms with Crippen LogP contribution in [0.25, 0.3) is 10.9 Å². The Hall–Kier alpha value is -1.31. The fourth-order valence-corrected chi connectivity index (χ4v) is 3.37. The Bertz CT molecular complexity index is 535. The van der Waals surface area contributed by atoms with E-state index < -0.39 is 5.67 Å². The first-order chi connectivity index (χ1) is 7.21. The SMILES string of the molecule is FC12CC(n3ccc4ccccc43)(C1)C2. The molecule has 0 unspecified atom stereocenters. The molecule has 5 rings (SSSR count). The molecule has 0 spiro atoms. The van der Waals surface area contributed by atoms with Crippen molar-refractivity contribution >= 4 is 10.9 Å². The van der Waals surface area contributed by atoms with Crippen LogP contribution in [0.2, 0.25) is 0 Å². The zero-order chi connectivity index (χ0) is 10.1. The Morgan fingerprint density at radius 1 is 1.07 bits per heavy atom. The first kappa shape index (κ1) is 7.91. The first-order valence-electron chi connectivity index (χ1n) is 5.47. The summed E-state index contributed by atoms with van der Waals surface area (Å²) in [5, 5.41) is 1.26. The third kappa shape index (κ3) is 0.796. The van der Waals surface area contributed by atoms with Crippen LogP contribution < -0.4 is 0 Å². The average Bonchev–Trinajstić information content (AvgIpc) is 2.55. The molecule has 1 aromatic carbocycles. The smallest absolute Gasteiger partial charge is 0.117 e. The lowest BCUT2D eigenvalue weighted by atomic mass is 9.47. The number of nitrogens with zero attached hydrogens (tertiary/aromatic N) is 1. The summed E-state index contributed by atoms with van der Waals surface area (Å²) in [5.74, 6) is 0. The van der Waals surface area contributed by atoms with E-state index in [0.29, 0.717) is 0 Å². The van der Waals surface area contributed by atoms with Crippen LogP contribution >= 0.6 is 0 Å². The quantitative estimate of drug-likeness (QED) is 0.667. The van der Waals surface area contributed by atoms with Gasteiger partial charge in [0.25, 0.3) is 0 Å². The third-order valence-corrected chi connectivity index (χ3v) is 4.05. The van der Waals surface area contributed by atoms with Crippen LogP contribution in [0.4, 0.5) is 4.39 Å². The van der Waals surface area contributed by atoms with E-state index in [0.717, 1.165) is 19.3 Å². The molecule has 0 aliphatic heterocycles. The number of hydrogen-bond donors (Lipinski definition) is 0. The topological polar surface area (TPSA) is 4.93 Å². The van der Waals surface area contributed by atoms with Crippen LogP contribution in [0, 0.1) is 0 Å². The van der Waals surface area contributed by atoms with E-state index in [1.807, 2.05) is 6.07 Å². The number of halogens is 1.